The largest absolute Gasteiger partial charge is 0.493 e. The molecule has 0 aliphatic carbocycles. The topological polar surface area (TPSA) is 111 Å². The SMILES string of the molecule is COC(=O)c1cccc(NC(=O)CN(c2ccc(Cl)cc2)S(=O)(=O)c2ccc(OC)c(OC)c2)c1C. The average Bonchev–Trinajstić information content (AvgIpc) is 2.88. The van der Waals surface area contributed by atoms with Crippen LogP contribution in [0.15, 0.2) is 65.6 Å². The van der Waals surface area contributed by atoms with E-state index in [4.69, 9.17) is 25.8 Å². The molecule has 0 heterocycles. The number of nitrogens with one attached hydrogen (secondary N) is 1. The summed E-state index contributed by atoms with van der Waals surface area (Å²) in [6.45, 7) is 1.10. The molecule has 0 bridgehead atoms. The van der Waals surface area contributed by atoms with Gasteiger partial charge in [-0.25, -0.2) is 13.2 Å². The highest BCUT2D eigenvalue weighted by atomic mass is 35.5. The minimum absolute atomic E-state index is 0.105. The lowest BCUT2D eigenvalue weighted by Gasteiger charge is -2.25. The molecule has 0 spiro atoms. The number of rotatable bonds is 9. The molecule has 3 aromatic rings. The molecule has 36 heavy (non-hydrogen) atoms. The fourth-order valence-electron chi connectivity index (χ4n) is 3.45. The quantitative estimate of drug-likeness (QED) is 0.409. The highest BCUT2D eigenvalue weighted by Crippen LogP contribution is 2.32. The average molecular weight is 533 g/mol. The van der Waals surface area contributed by atoms with E-state index in [2.05, 4.69) is 5.32 Å². The standard InChI is InChI=1S/C25H25ClN2O7S/c1-16-20(25(30)35-4)6-5-7-21(16)27-24(29)15-28(18-10-8-17(26)9-11-18)36(31,32)19-12-13-22(33-2)23(14-19)34-3/h5-14H,15H2,1-4H3,(H,27,29). The summed E-state index contributed by atoms with van der Waals surface area (Å²) in [5.41, 5.74) is 1.34. The lowest BCUT2D eigenvalue weighted by Crippen LogP contribution is -2.38. The number of methoxy groups -OCH3 is 3. The van der Waals surface area contributed by atoms with Crippen LogP contribution in [0.2, 0.25) is 5.02 Å². The summed E-state index contributed by atoms with van der Waals surface area (Å²) in [5, 5.41) is 3.09. The van der Waals surface area contributed by atoms with Gasteiger partial charge in [-0.15, -0.1) is 0 Å². The Balaban J connectivity index is 1.99. The van der Waals surface area contributed by atoms with Gasteiger partial charge in [0, 0.05) is 16.8 Å². The van der Waals surface area contributed by atoms with E-state index >= 15 is 0 Å². The van der Waals surface area contributed by atoms with E-state index in [1.54, 1.807) is 25.1 Å². The Hall–Kier alpha value is -3.76. The van der Waals surface area contributed by atoms with Gasteiger partial charge in [0.05, 0.1) is 37.5 Å². The van der Waals surface area contributed by atoms with Gasteiger partial charge in [-0.05, 0) is 61.0 Å². The zero-order chi connectivity index (χ0) is 26.5. The second-order valence-electron chi connectivity index (χ2n) is 7.52. The molecule has 0 aromatic heterocycles. The number of hydrogen-bond acceptors (Lipinski definition) is 7. The highest BCUT2D eigenvalue weighted by Gasteiger charge is 2.29. The molecule has 0 fully saturated rings. The number of nitrogens with zero attached hydrogens (tertiary/aromatic N) is 1. The molecule has 0 aliphatic rings. The number of amides is 1. The van der Waals surface area contributed by atoms with Crippen LogP contribution in [0.1, 0.15) is 15.9 Å². The van der Waals surface area contributed by atoms with Crippen LogP contribution in [0, 0.1) is 6.92 Å². The number of benzene rings is 3. The summed E-state index contributed by atoms with van der Waals surface area (Å²) < 4.78 is 43.5. The summed E-state index contributed by atoms with van der Waals surface area (Å²) in [6, 6.07) is 15.0. The van der Waals surface area contributed by atoms with Crippen molar-refractivity contribution >= 4 is 44.9 Å². The van der Waals surface area contributed by atoms with Gasteiger partial charge in [0.15, 0.2) is 11.5 Å². The van der Waals surface area contributed by atoms with Crippen molar-refractivity contribution in [1.82, 2.24) is 0 Å². The van der Waals surface area contributed by atoms with Crippen LogP contribution in [0.25, 0.3) is 0 Å². The van der Waals surface area contributed by atoms with E-state index in [1.807, 2.05) is 0 Å². The fraction of sp³-hybridized carbons (Fsp3) is 0.200. The smallest absolute Gasteiger partial charge is 0.338 e. The molecule has 1 N–H and O–H groups in total. The summed E-state index contributed by atoms with van der Waals surface area (Å²) in [5.74, 6) is -0.607. The van der Waals surface area contributed by atoms with Gasteiger partial charge in [-0.1, -0.05) is 17.7 Å². The molecule has 11 heteroatoms. The number of sulfonamides is 1. The Kier molecular flexibility index (Phi) is 8.44. The number of ether oxygens (including phenoxy) is 3. The molecular formula is C25H25ClN2O7S. The van der Waals surface area contributed by atoms with Crippen molar-refractivity contribution in [2.45, 2.75) is 11.8 Å². The summed E-state index contributed by atoms with van der Waals surface area (Å²) >= 11 is 5.99. The molecule has 190 valence electrons. The molecule has 3 aromatic carbocycles. The van der Waals surface area contributed by atoms with Crippen molar-refractivity contribution in [2.75, 3.05) is 37.5 Å². The monoisotopic (exact) mass is 532 g/mol. The minimum Gasteiger partial charge on any atom is -0.493 e. The van der Waals surface area contributed by atoms with E-state index in [-0.39, 0.29) is 21.9 Å². The first kappa shape index (κ1) is 26.8. The van der Waals surface area contributed by atoms with E-state index in [0.717, 1.165) is 4.31 Å². The van der Waals surface area contributed by atoms with Crippen molar-refractivity contribution in [3.8, 4) is 11.5 Å². The zero-order valence-electron chi connectivity index (χ0n) is 20.1. The van der Waals surface area contributed by atoms with E-state index < -0.39 is 28.4 Å². The predicted octanol–water partition coefficient (Wildman–Crippen LogP) is 4.29. The maximum absolute atomic E-state index is 13.7. The van der Waals surface area contributed by atoms with Gasteiger partial charge in [-0.3, -0.25) is 9.10 Å². The van der Waals surface area contributed by atoms with Gasteiger partial charge in [-0.2, -0.15) is 0 Å². The van der Waals surface area contributed by atoms with Crippen LogP contribution < -0.4 is 19.1 Å². The summed E-state index contributed by atoms with van der Waals surface area (Å²) in [7, 11) is -0.138. The van der Waals surface area contributed by atoms with Crippen molar-refractivity contribution < 1.29 is 32.2 Å². The molecule has 0 unspecified atom stereocenters. The van der Waals surface area contributed by atoms with Gasteiger partial charge >= 0.3 is 5.97 Å². The second-order valence-corrected chi connectivity index (χ2v) is 9.82. The van der Waals surface area contributed by atoms with Crippen molar-refractivity contribution in [3.05, 3.63) is 76.8 Å². The Labute approximate surface area is 214 Å². The van der Waals surface area contributed by atoms with Crippen molar-refractivity contribution in [3.63, 3.8) is 0 Å². The molecular weight excluding hydrogens is 508 g/mol. The third-order valence-electron chi connectivity index (χ3n) is 5.36. The first-order valence-corrected chi connectivity index (χ1v) is 12.4. The normalized spacial score (nSPS) is 10.9. The Morgan fingerprint density at radius 1 is 0.944 bits per heavy atom. The zero-order valence-corrected chi connectivity index (χ0v) is 21.6. The molecule has 0 atom stereocenters. The summed E-state index contributed by atoms with van der Waals surface area (Å²) in [4.78, 5) is 25.0. The molecule has 3 rings (SSSR count). The van der Waals surface area contributed by atoms with Gasteiger partial charge in [0.25, 0.3) is 10.0 Å². The number of carbonyl (C=O) groups excluding carboxylic acids is 2. The van der Waals surface area contributed by atoms with Crippen LogP contribution in [-0.2, 0) is 19.6 Å². The molecule has 0 saturated carbocycles. The van der Waals surface area contributed by atoms with Crippen LogP contribution in [0.3, 0.4) is 0 Å². The number of anilines is 2. The van der Waals surface area contributed by atoms with Crippen LogP contribution >= 0.6 is 11.6 Å². The van der Waals surface area contributed by atoms with Crippen molar-refractivity contribution in [2.24, 2.45) is 0 Å². The Bertz CT molecular complexity index is 1380. The third-order valence-corrected chi connectivity index (χ3v) is 7.38. The van der Waals surface area contributed by atoms with E-state index in [0.29, 0.717) is 22.0 Å². The number of esters is 1. The summed E-state index contributed by atoms with van der Waals surface area (Å²) in [6.07, 6.45) is 0. The number of carbonyl (C=O) groups is 2. The Morgan fingerprint density at radius 3 is 2.22 bits per heavy atom. The van der Waals surface area contributed by atoms with Gasteiger partial charge in [0.2, 0.25) is 5.91 Å². The lowest BCUT2D eigenvalue weighted by molar-refractivity contribution is -0.114. The van der Waals surface area contributed by atoms with E-state index in [9.17, 15) is 18.0 Å². The van der Waals surface area contributed by atoms with Crippen molar-refractivity contribution in [1.29, 1.82) is 0 Å². The lowest BCUT2D eigenvalue weighted by atomic mass is 10.1. The molecule has 0 saturated heterocycles. The van der Waals surface area contributed by atoms with Crippen LogP contribution in [0.5, 0.6) is 11.5 Å². The number of hydrogen-bond donors (Lipinski definition) is 1. The molecule has 0 aliphatic heterocycles. The van der Waals surface area contributed by atoms with E-state index in [1.165, 1.54) is 63.8 Å². The first-order chi connectivity index (χ1) is 17.1. The Morgan fingerprint density at radius 2 is 1.61 bits per heavy atom. The van der Waals surface area contributed by atoms with Crippen LogP contribution in [0.4, 0.5) is 11.4 Å². The van der Waals surface area contributed by atoms with Gasteiger partial charge in [0.1, 0.15) is 6.54 Å². The highest BCUT2D eigenvalue weighted by molar-refractivity contribution is 7.92. The molecule has 9 nitrogen and oxygen atoms in total. The maximum Gasteiger partial charge on any atom is 0.338 e. The molecule has 0 radical (unpaired) electrons. The molecule has 1 amide bonds. The van der Waals surface area contributed by atoms with Gasteiger partial charge < -0.3 is 19.5 Å². The third kappa shape index (κ3) is 5.72. The maximum atomic E-state index is 13.7. The first-order valence-electron chi connectivity index (χ1n) is 10.6. The number of halogens is 1. The minimum atomic E-state index is -4.23. The predicted molar refractivity (Wildman–Crippen MR) is 137 cm³/mol. The second kappa shape index (κ2) is 11.3. The van der Waals surface area contributed by atoms with Crippen LogP contribution in [-0.4, -0.2) is 48.2 Å². The fourth-order valence-corrected chi connectivity index (χ4v) is 5.01.